The van der Waals surface area contributed by atoms with Gasteiger partial charge in [-0.25, -0.2) is 0 Å². The van der Waals surface area contributed by atoms with Crippen molar-refractivity contribution in [2.24, 2.45) is 0 Å². The van der Waals surface area contributed by atoms with E-state index in [0.717, 1.165) is 21.9 Å². The summed E-state index contributed by atoms with van der Waals surface area (Å²) in [5.74, 6) is 0.617. The largest absolute Gasteiger partial charge is 0.289 e. The van der Waals surface area contributed by atoms with Gasteiger partial charge < -0.3 is 0 Å². The van der Waals surface area contributed by atoms with Crippen molar-refractivity contribution in [1.82, 2.24) is 4.98 Å². The molecule has 2 nitrogen and oxygen atoms in total. The van der Waals surface area contributed by atoms with Crippen LogP contribution in [0.5, 0.6) is 0 Å². The zero-order valence-corrected chi connectivity index (χ0v) is 13.7. The van der Waals surface area contributed by atoms with Crippen molar-refractivity contribution in [3.63, 3.8) is 0 Å². The Morgan fingerprint density at radius 2 is 1.62 bits per heavy atom. The molecule has 1 aliphatic carbocycles. The highest BCUT2D eigenvalue weighted by atomic mass is 16.1. The summed E-state index contributed by atoms with van der Waals surface area (Å²) in [7, 11) is 0. The van der Waals surface area contributed by atoms with Gasteiger partial charge in [-0.1, -0.05) is 67.8 Å². The van der Waals surface area contributed by atoms with Crippen molar-refractivity contribution < 1.29 is 4.79 Å². The maximum absolute atomic E-state index is 12.9. The number of hydrogen-bond donors (Lipinski definition) is 0. The highest BCUT2D eigenvalue weighted by Crippen LogP contribution is 2.35. The fraction of sp³-hybridized carbons (Fsp3) is 0.273. The number of aromatic nitrogens is 1. The van der Waals surface area contributed by atoms with Crippen molar-refractivity contribution in [2.45, 2.75) is 38.0 Å². The van der Waals surface area contributed by atoms with E-state index < -0.39 is 0 Å². The molecule has 1 heterocycles. The molecule has 0 atom stereocenters. The maximum atomic E-state index is 12.9. The minimum atomic E-state index is 0.0852. The van der Waals surface area contributed by atoms with E-state index in [2.05, 4.69) is 6.07 Å². The molecule has 0 N–H and O–H groups in total. The SMILES string of the molecule is O=C(c1ccccc1)c1cccc2c(C3CCCCC3)nccc12. The van der Waals surface area contributed by atoms with Gasteiger partial charge in [-0.15, -0.1) is 0 Å². The lowest BCUT2D eigenvalue weighted by Crippen LogP contribution is -2.08. The first-order chi connectivity index (χ1) is 11.8. The van der Waals surface area contributed by atoms with E-state index in [1.165, 1.54) is 37.8 Å². The smallest absolute Gasteiger partial charge is 0.193 e. The zero-order valence-electron chi connectivity index (χ0n) is 13.7. The second-order valence-corrected chi connectivity index (χ2v) is 6.63. The van der Waals surface area contributed by atoms with Gasteiger partial charge in [-0.05, 0) is 24.3 Å². The lowest BCUT2D eigenvalue weighted by Gasteiger charge is -2.22. The summed E-state index contributed by atoms with van der Waals surface area (Å²) in [4.78, 5) is 17.6. The molecule has 0 amide bonds. The third kappa shape index (κ3) is 2.73. The average molecular weight is 315 g/mol. The number of rotatable bonds is 3. The van der Waals surface area contributed by atoms with Gasteiger partial charge in [0.05, 0.1) is 5.69 Å². The van der Waals surface area contributed by atoms with Gasteiger partial charge in [-0.2, -0.15) is 0 Å². The summed E-state index contributed by atoms with van der Waals surface area (Å²) >= 11 is 0. The van der Waals surface area contributed by atoms with Gasteiger partial charge in [-0.3, -0.25) is 9.78 Å². The third-order valence-electron chi connectivity index (χ3n) is 5.11. The molecule has 1 saturated carbocycles. The molecular formula is C22H21NO. The Labute approximate surface area is 142 Å². The topological polar surface area (TPSA) is 30.0 Å². The van der Waals surface area contributed by atoms with Crippen LogP contribution in [0.25, 0.3) is 10.8 Å². The molecule has 2 heteroatoms. The lowest BCUT2D eigenvalue weighted by molar-refractivity contribution is 0.104. The number of hydrogen-bond acceptors (Lipinski definition) is 2. The average Bonchev–Trinajstić information content (AvgIpc) is 2.68. The molecule has 120 valence electrons. The second kappa shape index (κ2) is 6.56. The molecule has 3 aromatic rings. The minimum Gasteiger partial charge on any atom is -0.289 e. The number of pyridine rings is 1. The summed E-state index contributed by atoms with van der Waals surface area (Å²) in [6.45, 7) is 0. The van der Waals surface area contributed by atoms with Crippen LogP contribution in [-0.2, 0) is 0 Å². The Morgan fingerprint density at radius 3 is 2.42 bits per heavy atom. The molecule has 1 aromatic heterocycles. The van der Waals surface area contributed by atoms with Crippen LogP contribution >= 0.6 is 0 Å². The predicted molar refractivity (Wildman–Crippen MR) is 97.4 cm³/mol. The van der Waals surface area contributed by atoms with Crippen LogP contribution in [0.2, 0.25) is 0 Å². The molecular weight excluding hydrogens is 294 g/mol. The van der Waals surface area contributed by atoms with Crippen LogP contribution in [0.4, 0.5) is 0 Å². The first-order valence-electron chi connectivity index (χ1n) is 8.82. The number of fused-ring (bicyclic) bond motifs is 1. The highest BCUT2D eigenvalue weighted by Gasteiger charge is 2.20. The van der Waals surface area contributed by atoms with Crippen molar-refractivity contribution in [1.29, 1.82) is 0 Å². The lowest BCUT2D eigenvalue weighted by atomic mass is 9.84. The summed E-state index contributed by atoms with van der Waals surface area (Å²) in [5, 5.41) is 2.17. The van der Waals surface area contributed by atoms with Crippen LogP contribution < -0.4 is 0 Å². The van der Waals surface area contributed by atoms with Gasteiger partial charge in [0.1, 0.15) is 0 Å². The van der Waals surface area contributed by atoms with Crippen LogP contribution in [0.15, 0.2) is 60.8 Å². The van der Waals surface area contributed by atoms with Gasteiger partial charge >= 0.3 is 0 Å². The van der Waals surface area contributed by atoms with Crippen LogP contribution in [0.1, 0.15) is 59.6 Å². The van der Waals surface area contributed by atoms with E-state index in [-0.39, 0.29) is 5.78 Å². The normalized spacial score (nSPS) is 15.5. The van der Waals surface area contributed by atoms with E-state index in [1.807, 2.05) is 54.7 Å². The summed E-state index contributed by atoms with van der Waals surface area (Å²) in [6, 6.07) is 17.5. The number of carbonyl (C=O) groups is 1. The van der Waals surface area contributed by atoms with E-state index in [4.69, 9.17) is 4.98 Å². The number of nitrogens with zero attached hydrogens (tertiary/aromatic N) is 1. The Balaban J connectivity index is 1.82. The van der Waals surface area contributed by atoms with E-state index in [9.17, 15) is 4.79 Å². The molecule has 1 fully saturated rings. The molecule has 4 rings (SSSR count). The van der Waals surface area contributed by atoms with Crippen molar-refractivity contribution in [2.75, 3.05) is 0 Å². The molecule has 1 aliphatic rings. The Hall–Kier alpha value is -2.48. The molecule has 0 saturated heterocycles. The molecule has 24 heavy (non-hydrogen) atoms. The van der Waals surface area contributed by atoms with E-state index in [1.54, 1.807) is 0 Å². The van der Waals surface area contributed by atoms with Gasteiger partial charge in [0.25, 0.3) is 0 Å². The molecule has 0 spiro atoms. The van der Waals surface area contributed by atoms with Gasteiger partial charge in [0.2, 0.25) is 0 Å². The van der Waals surface area contributed by atoms with Crippen LogP contribution in [0.3, 0.4) is 0 Å². The molecule has 0 aliphatic heterocycles. The third-order valence-corrected chi connectivity index (χ3v) is 5.11. The minimum absolute atomic E-state index is 0.0852. The molecule has 0 bridgehead atoms. The van der Waals surface area contributed by atoms with Crippen molar-refractivity contribution in [3.05, 3.63) is 77.6 Å². The van der Waals surface area contributed by atoms with Crippen molar-refractivity contribution >= 4 is 16.6 Å². The number of benzene rings is 2. The highest BCUT2D eigenvalue weighted by molar-refractivity contribution is 6.16. The van der Waals surface area contributed by atoms with Gasteiger partial charge in [0.15, 0.2) is 5.78 Å². The first-order valence-corrected chi connectivity index (χ1v) is 8.82. The second-order valence-electron chi connectivity index (χ2n) is 6.63. The van der Waals surface area contributed by atoms with Gasteiger partial charge in [0, 0.05) is 28.6 Å². The molecule has 0 radical (unpaired) electrons. The Kier molecular flexibility index (Phi) is 4.12. The monoisotopic (exact) mass is 315 g/mol. The Morgan fingerprint density at radius 1 is 0.833 bits per heavy atom. The fourth-order valence-electron chi connectivity index (χ4n) is 3.87. The fourth-order valence-corrected chi connectivity index (χ4v) is 3.87. The van der Waals surface area contributed by atoms with Crippen LogP contribution in [-0.4, -0.2) is 10.8 Å². The summed E-state index contributed by atoms with van der Waals surface area (Å²) in [5.41, 5.74) is 2.69. The van der Waals surface area contributed by atoms with Crippen LogP contribution in [0, 0.1) is 0 Å². The molecule has 2 aromatic carbocycles. The molecule has 0 unspecified atom stereocenters. The van der Waals surface area contributed by atoms with E-state index >= 15 is 0 Å². The number of ketones is 1. The quantitative estimate of drug-likeness (QED) is 0.596. The first kappa shape index (κ1) is 15.1. The zero-order chi connectivity index (χ0) is 16.4. The standard InChI is InChI=1S/C22H21NO/c24-22(17-10-5-2-6-11-17)20-13-7-12-19-18(20)14-15-23-21(19)16-8-3-1-4-9-16/h2,5-7,10-16H,1,3-4,8-9H2. The summed E-state index contributed by atoms with van der Waals surface area (Å²) < 4.78 is 0. The van der Waals surface area contributed by atoms with Crippen molar-refractivity contribution in [3.8, 4) is 0 Å². The van der Waals surface area contributed by atoms with E-state index in [0.29, 0.717) is 5.92 Å². The maximum Gasteiger partial charge on any atom is 0.193 e. The summed E-state index contributed by atoms with van der Waals surface area (Å²) in [6.07, 6.45) is 8.19. The predicted octanol–water partition coefficient (Wildman–Crippen LogP) is 5.51. The number of carbonyl (C=O) groups excluding carboxylic acids is 1. The Bertz CT molecular complexity index is 864.